The normalized spacial score (nSPS) is 10.5. The molecule has 0 bridgehead atoms. The van der Waals surface area contributed by atoms with Crippen molar-refractivity contribution in [2.45, 2.75) is 19.8 Å². The minimum atomic E-state index is -0.772. The molecular formula is C21H19F2N3O4. The van der Waals surface area contributed by atoms with Crippen LogP contribution in [-0.2, 0) is 16.0 Å². The zero-order valence-corrected chi connectivity index (χ0v) is 16.1. The minimum Gasteiger partial charge on any atom is -0.484 e. The van der Waals surface area contributed by atoms with Crippen molar-refractivity contribution in [1.82, 2.24) is 15.8 Å². The lowest BCUT2D eigenvalue weighted by molar-refractivity contribution is -0.130. The number of hydrogen-bond acceptors (Lipinski definition) is 5. The van der Waals surface area contributed by atoms with Crippen LogP contribution in [0.25, 0.3) is 11.3 Å². The maximum absolute atomic E-state index is 13.8. The van der Waals surface area contributed by atoms with Gasteiger partial charge in [0.1, 0.15) is 17.4 Å². The van der Waals surface area contributed by atoms with E-state index in [1.807, 2.05) is 19.1 Å². The molecule has 2 N–H and O–H groups in total. The van der Waals surface area contributed by atoms with Crippen molar-refractivity contribution in [1.29, 1.82) is 0 Å². The minimum absolute atomic E-state index is 0.0229. The van der Waals surface area contributed by atoms with E-state index in [2.05, 4.69) is 15.8 Å². The summed E-state index contributed by atoms with van der Waals surface area (Å²) in [6.07, 6.45) is 1.41. The van der Waals surface area contributed by atoms with Crippen LogP contribution in [0.2, 0.25) is 0 Å². The standard InChI is InChI=1S/C21H19F2N3O4/c1-13-2-5-15(6-3-13)29-12-20(28)26-25-19(27)8-9-21-24-11-18(30-21)16-7-4-14(22)10-17(16)23/h2-7,10-11H,8-9,12H2,1H3,(H,25,27)(H,26,28). The molecule has 0 unspecified atom stereocenters. The first-order chi connectivity index (χ1) is 14.4. The first-order valence-corrected chi connectivity index (χ1v) is 9.08. The molecule has 0 atom stereocenters. The van der Waals surface area contributed by atoms with E-state index >= 15 is 0 Å². The van der Waals surface area contributed by atoms with Crippen LogP contribution in [0.4, 0.5) is 8.78 Å². The van der Waals surface area contributed by atoms with E-state index in [0.29, 0.717) is 5.75 Å². The molecule has 0 aliphatic heterocycles. The van der Waals surface area contributed by atoms with Gasteiger partial charge in [0, 0.05) is 18.9 Å². The molecule has 0 spiro atoms. The first kappa shape index (κ1) is 21.0. The second-order valence-electron chi connectivity index (χ2n) is 6.44. The van der Waals surface area contributed by atoms with Crippen molar-refractivity contribution in [2.24, 2.45) is 0 Å². The molecule has 0 fully saturated rings. The number of halogens is 2. The maximum atomic E-state index is 13.8. The summed E-state index contributed by atoms with van der Waals surface area (Å²) in [4.78, 5) is 27.6. The van der Waals surface area contributed by atoms with Crippen molar-refractivity contribution in [3.8, 4) is 17.1 Å². The molecule has 2 aromatic carbocycles. The van der Waals surface area contributed by atoms with Gasteiger partial charge in [-0.2, -0.15) is 0 Å². The van der Waals surface area contributed by atoms with E-state index in [1.54, 1.807) is 12.1 Å². The molecule has 1 heterocycles. The third-order valence-corrected chi connectivity index (χ3v) is 4.05. The Labute approximate surface area is 171 Å². The average molecular weight is 415 g/mol. The smallest absolute Gasteiger partial charge is 0.276 e. The molecule has 0 saturated carbocycles. The van der Waals surface area contributed by atoms with Crippen LogP contribution >= 0.6 is 0 Å². The third-order valence-electron chi connectivity index (χ3n) is 4.05. The monoisotopic (exact) mass is 415 g/mol. The third kappa shape index (κ3) is 5.87. The van der Waals surface area contributed by atoms with Crippen LogP contribution in [0.15, 0.2) is 53.1 Å². The van der Waals surface area contributed by atoms with Gasteiger partial charge in [0.2, 0.25) is 5.91 Å². The number of aryl methyl sites for hydroxylation is 2. The number of amides is 2. The first-order valence-electron chi connectivity index (χ1n) is 9.08. The second kappa shape index (κ2) is 9.64. The fourth-order valence-corrected chi connectivity index (χ4v) is 2.48. The average Bonchev–Trinajstić information content (AvgIpc) is 3.19. The largest absolute Gasteiger partial charge is 0.484 e. The van der Waals surface area contributed by atoms with Crippen molar-refractivity contribution in [3.63, 3.8) is 0 Å². The van der Waals surface area contributed by atoms with E-state index in [1.165, 1.54) is 12.3 Å². The highest BCUT2D eigenvalue weighted by Gasteiger charge is 2.13. The van der Waals surface area contributed by atoms with Gasteiger partial charge in [0.25, 0.3) is 5.91 Å². The molecule has 0 saturated heterocycles. The molecule has 9 heteroatoms. The second-order valence-corrected chi connectivity index (χ2v) is 6.44. The fraction of sp³-hybridized carbons (Fsp3) is 0.190. The number of hydrazine groups is 1. The van der Waals surface area contributed by atoms with E-state index < -0.39 is 23.4 Å². The number of carbonyl (C=O) groups is 2. The van der Waals surface area contributed by atoms with Crippen LogP contribution in [-0.4, -0.2) is 23.4 Å². The maximum Gasteiger partial charge on any atom is 0.276 e. The van der Waals surface area contributed by atoms with Crippen LogP contribution in [0.1, 0.15) is 17.9 Å². The summed E-state index contributed by atoms with van der Waals surface area (Å²) in [5.41, 5.74) is 5.65. The Morgan fingerprint density at radius 1 is 1.07 bits per heavy atom. The molecule has 1 aromatic heterocycles. The molecular weight excluding hydrogens is 396 g/mol. The summed E-state index contributed by atoms with van der Waals surface area (Å²) >= 11 is 0. The number of benzene rings is 2. The number of aromatic nitrogens is 1. The van der Waals surface area contributed by atoms with Crippen molar-refractivity contribution in [3.05, 3.63) is 71.8 Å². The number of carbonyl (C=O) groups excluding carboxylic acids is 2. The topological polar surface area (TPSA) is 93.5 Å². The Morgan fingerprint density at radius 3 is 2.53 bits per heavy atom. The molecule has 0 aliphatic rings. The Bertz CT molecular complexity index is 1030. The quantitative estimate of drug-likeness (QED) is 0.579. The van der Waals surface area contributed by atoms with Crippen molar-refractivity contribution in [2.75, 3.05) is 6.61 Å². The molecule has 3 rings (SSSR count). The SMILES string of the molecule is Cc1ccc(OCC(=O)NNC(=O)CCc2ncc(-c3ccc(F)cc3F)o2)cc1. The number of ether oxygens (including phenoxy) is 1. The molecule has 30 heavy (non-hydrogen) atoms. The lowest BCUT2D eigenvalue weighted by Gasteiger charge is -2.08. The van der Waals surface area contributed by atoms with Crippen LogP contribution in [0, 0.1) is 18.6 Å². The Hall–Kier alpha value is -3.75. The highest BCUT2D eigenvalue weighted by molar-refractivity contribution is 5.82. The summed E-state index contributed by atoms with van der Waals surface area (Å²) in [6.45, 7) is 1.68. The van der Waals surface area contributed by atoms with E-state index in [0.717, 1.165) is 17.7 Å². The van der Waals surface area contributed by atoms with E-state index in [-0.39, 0.29) is 36.7 Å². The lowest BCUT2D eigenvalue weighted by atomic mass is 10.2. The summed E-state index contributed by atoms with van der Waals surface area (Å²) in [5, 5.41) is 0. The van der Waals surface area contributed by atoms with Gasteiger partial charge < -0.3 is 9.15 Å². The number of nitrogens with zero attached hydrogens (tertiary/aromatic N) is 1. The van der Waals surface area contributed by atoms with Gasteiger partial charge in [0.05, 0.1) is 11.8 Å². The van der Waals surface area contributed by atoms with E-state index in [9.17, 15) is 18.4 Å². The summed E-state index contributed by atoms with van der Waals surface area (Å²) in [7, 11) is 0. The van der Waals surface area contributed by atoms with Crippen molar-refractivity contribution >= 4 is 11.8 Å². The lowest BCUT2D eigenvalue weighted by Crippen LogP contribution is -2.43. The fourth-order valence-electron chi connectivity index (χ4n) is 2.48. The Morgan fingerprint density at radius 2 is 1.80 bits per heavy atom. The highest BCUT2D eigenvalue weighted by atomic mass is 19.1. The Balaban J connectivity index is 1.41. The van der Waals surface area contributed by atoms with Gasteiger partial charge in [-0.1, -0.05) is 17.7 Å². The summed E-state index contributed by atoms with van der Waals surface area (Å²) in [6, 6.07) is 10.3. The summed E-state index contributed by atoms with van der Waals surface area (Å²) < 4.78 is 37.5. The molecule has 156 valence electrons. The summed E-state index contributed by atoms with van der Waals surface area (Å²) in [5.74, 6) is -1.58. The van der Waals surface area contributed by atoms with Crippen LogP contribution in [0.3, 0.4) is 0 Å². The van der Waals surface area contributed by atoms with E-state index in [4.69, 9.17) is 9.15 Å². The van der Waals surface area contributed by atoms with Gasteiger partial charge >= 0.3 is 0 Å². The van der Waals surface area contributed by atoms with Crippen LogP contribution < -0.4 is 15.6 Å². The van der Waals surface area contributed by atoms with Gasteiger partial charge in [0.15, 0.2) is 18.3 Å². The molecule has 3 aromatic rings. The number of oxazole rings is 1. The zero-order valence-electron chi connectivity index (χ0n) is 16.1. The Kier molecular flexibility index (Phi) is 6.74. The predicted octanol–water partition coefficient (Wildman–Crippen LogP) is 3.09. The molecule has 7 nitrogen and oxygen atoms in total. The predicted molar refractivity (Wildman–Crippen MR) is 103 cm³/mol. The molecule has 2 amide bonds. The highest BCUT2D eigenvalue weighted by Crippen LogP contribution is 2.24. The van der Waals surface area contributed by atoms with Gasteiger partial charge in [-0.3, -0.25) is 20.4 Å². The number of rotatable bonds is 7. The van der Waals surface area contributed by atoms with Crippen LogP contribution in [0.5, 0.6) is 5.75 Å². The van der Waals surface area contributed by atoms with Gasteiger partial charge in [-0.05, 0) is 31.2 Å². The van der Waals surface area contributed by atoms with Gasteiger partial charge in [-0.25, -0.2) is 13.8 Å². The zero-order chi connectivity index (χ0) is 21.5. The number of hydrogen-bond donors (Lipinski definition) is 2. The molecule has 0 aliphatic carbocycles. The number of nitrogens with one attached hydrogen (secondary N) is 2. The van der Waals surface area contributed by atoms with Gasteiger partial charge in [-0.15, -0.1) is 0 Å². The molecule has 0 radical (unpaired) electrons. The van der Waals surface area contributed by atoms with Crippen molar-refractivity contribution < 1.29 is 27.5 Å².